The van der Waals surface area contributed by atoms with Gasteiger partial charge in [0.25, 0.3) is 0 Å². The van der Waals surface area contributed by atoms with Crippen molar-refractivity contribution in [3.8, 4) is 0 Å². The van der Waals surface area contributed by atoms with Crippen molar-refractivity contribution >= 4 is 17.2 Å². The molecular weight excluding hydrogens is 278 g/mol. The molecule has 4 heteroatoms. The van der Waals surface area contributed by atoms with Gasteiger partial charge in [-0.3, -0.25) is 0 Å². The van der Waals surface area contributed by atoms with Gasteiger partial charge in [-0.15, -0.1) is 11.3 Å². The van der Waals surface area contributed by atoms with E-state index in [4.69, 9.17) is 4.98 Å². The van der Waals surface area contributed by atoms with E-state index in [1.165, 1.54) is 10.4 Å². The second-order valence-electron chi connectivity index (χ2n) is 5.65. The van der Waals surface area contributed by atoms with Crippen molar-refractivity contribution in [3.63, 3.8) is 0 Å². The Morgan fingerprint density at radius 3 is 2.76 bits per heavy atom. The molecule has 0 bridgehead atoms. The predicted molar refractivity (Wildman–Crippen MR) is 92.0 cm³/mol. The maximum absolute atomic E-state index is 4.76. The standard InChI is InChI=1S/C17H25N3S/c1-5-15-9-14(11-18-13(2)3)10-17(19-15)20(4)12-16-7-6-8-21-16/h6-10,13,18H,5,11-12H2,1-4H3. The van der Waals surface area contributed by atoms with Crippen LogP contribution >= 0.6 is 11.3 Å². The lowest BCUT2D eigenvalue weighted by Crippen LogP contribution is -2.23. The number of nitrogens with zero attached hydrogens (tertiary/aromatic N) is 2. The summed E-state index contributed by atoms with van der Waals surface area (Å²) >= 11 is 1.79. The molecule has 3 nitrogen and oxygen atoms in total. The Labute approximate surface area is 132 Å². The molecule has 2 aromatic heterocycles. The monoisotopic (exact) mass is 303 g/mol. The van der Waals surface area contributed by atoms with E-state index in [1.807, 2.05) is 0 Å². The molecule has 2 aromatic rings. The molecule has 2 heterocycles. The number of aromatic nitrogens is 1. The van der Waals surface area contributed by atoms with Crippen LogP contribution in [-0.4, -0.2) is 18.1 Å². The number of thiophene rings is 1. The number of hydrogen-bond donors (Lipinski definition) is 1. The van der Waals surface area contributed by atoms with Gasteiger partial charge in [0.2, 0.25) is 0 Å². The van der Waals surface area contributed by atoms with Gasteiger partial charge in [0.1, 0.15) is 5.82 Å². The lowest BCUT2D eigenvalue weighted by Gasteiger charge is -2.19. The summed E-state index contributed by atoms with van der Waals surface area (Å²) in [6.45, 7) is 8.31. The molecule has 0 unspecified atom stereocenters. The van der Waals surface area contributed by atoms with E-state index < -0.39 is 0 Å². The predicted octanol–water partition coefficient (Wildman–Crippen LogP) is 3.84. The Bertz CT molecular complexity index is 549. The molecule has 0 fully saturated rings. The molecule has 0 aliphatic carbocycles. The molecule has 0 atom stereocenters. The van der Waals surface area contributed by atoms with Crippen LogP contribution in [0.1, 0.15) is 36.9 Å². The maximum Gasteiger partial charge on any atom is 0.129 e. The van der Waals surface area contributed by atoms with Crippen molar-refractivity contribution in [2.45, 2.75) is 46.3 Å². The van der Waals surface area contributed by atoms with Crippen LogP contribution in [0.3, 0.4) is 0 Å². The van der Waals surface area contributed by atoms with Crippen LogP contribution in [0, 0.1) is 0 Å². The van der Waals surface area contributed by atoms with Crippen molar-refractivity contribution in [1.82, 2.24) is 10.3 Å². The molecule has 1 N–H and O–H groups in total. The first-order chi connectivity index (χ1) is 10.1. The van der Waals surface area contributed by atoms with Gasteiger partial charge in [-0.1, -0.05) is 26.8 Å². The fraction of sp³-hybridized carbons (Fsp3) is 0.471. The SMILES string of the molecule is CCc1cc(CNC(C)C)cc(N(C)Cc2cccs2)n1. The maximum atomic E-state index is 4.76. The zero-order valence-corrected chi connectivity index (χ0v) is 14.2. The largest absolute Gasteiger partial charge is 0.355 e. The van der Waals surface area contributed by atoms with E-state index in [2.05, 4.69) is 67.7 Å². The number of hydrogen-bond acceptors (Lipinski definition) is 4. The Hall–Kier alpha value is -1.39. The topological polar surface area (TPSA) is 28.2 Å². The molecule has 0 amide bonds. The lowest BCUT2D eigenvalue weighted by atomic mass is 10.1. The zero-order chi connectivity index (χ0) is 15.2. The molecule has 0 aliphatic rings. The minimum Gasteiger partial charge on any atom is -0.355 e. The Morgan fingerprint density at radius 2 is 2.14 bits per heavy atom. The third-order valence-electron chi connectivity index (χ3n) is 3.37. The van der Waals surface area contributed by atoms with Crippen molar-refractivity contribution in [2.24, 2.45) is 0 Å². The summed E-state index contributed by atoms with van der Waals surface area (Å²) in [6.07, 6.45) is 0.968. The summed E-state index contributed by atoms with van der Waals surface area (Å²) in [5.74, 6) is 1.06. The third kappa shape index (κ3) is 4.83. The van der Waals surface area contributed by atoms with Crippen LogP contribution in [0.15, 0.2) is 29.6 Å². The Balaban J connectivity index is 2.15. The van der Waals surface area contributed by atoms with Crippen LogP contribution in [0.5, 0.6) is 0 Å². The van der Waals surface area contributed by atoms with Crippen molar-refractivity contribution in [3.05, 3.63) is 45.8 Å². The summed E-state index contributed by atoms with van der Waals surface area (Å²) < 4.78 is 0. The first-order valence-electron chi connectivity index (χ1n) is 7.55. The van der Waals surface area contributed by atoms with Crippen molar-refractivity contribution in [2.75, 3.05) is 11.9 Å². The molecular formula is C17H25N3S. The smallest absolute Gasteiger partial charge is 0.129 e. The number of rotatable bonds is 7. The van der Waals surface area contributed by atoms with Crippen LogP contribution in [-0.2, 0) is 19.5 Å². The first-order valence-corrected chi connectivity index (χ1v) is 8.43. The quantitative estimate of drug-likeness (QED) is 0.842. The molecule has 0 aliphatic heterocycles. The van der Waals surface area contributed by atoms with Gasteiger partial charge in [-0.2, -0.15) is 0 Å². The van der Waals surface area contributed by atoms with Crippen LogP contribution in [0.25, 0.3) is 0 Å². The zero-order valence-electron chi connectivity index (χ0n) is 13.4. The second-order valence-corrected chi connectivity index (χ2v) is 6.68. The van der Waals surface area contributed by atoms with E-state index in [0.29, 0.717) is 6.04 Å². The van der Waals surface area contributed by atoms with Gasteiger partial charge in [-0.25, -0.2) is 4.98 Å². The Kier molecular flexibility index (Phi) is 5.76. The first kappa shape index (κ1) is 16.0. The lowest BCUT2D eigenvalue weighted by molar-refractivity contribution is 0.588. The number of anilines is 1. The normalized spacial score (nSPS) is 11.1. The molecule has 2 rings (SSSR count). The highest BCUT2D eigenvalue weighted by Gasteiger charge is 2.08. The van der Waals surface area contributed by atoms with Gasteiger partial charge >= 0.3 is 0 Å². The summed E-state index contributed by atoms with van der Waals surface area (Å²) in [7, 11) is 2.11. The van der Waals surface area contributed by atoms with E-state index in [9.17, 15) is 0 Å². The highest BCUT2D eigenvalue weighted by molar-refractivity contribution is 7.09. The van der Waals surface area contributed by atoms with Crippen molar-refractivity contribution < 1.29 is 0 Å². The van der Waals surface area contributed by atoms with Gasteiger partial charge in [0.15, 0.2) is 0 Å². The minimum atomic E-state index is 0.496. The number of pyridine rings is 1. The molecule has 0 spiro atoms. The fourth-order valence-electron chi connectivity index (χ4n) is 2.15. The molecule has 0 saturated heterocycles. The van der Waals surface area contributed by atoms with E-state index in [1.54, 1.807) is 11.3 Å². The minimum absolute atomic E-state index is 0.496. The van der Waals surface area contributed by atoms with Gasteiger partial charge in [-0.05, 0) is 35.6 Å². The van der Waals surface area contributed by atoms with E-state index in [0.717, 1.165) is 31.0 Å². The molecule has 0 radical (unpaired) electrons. The summed E-state index contributed by atoms with van der Waals surface area (Å²) in [5.41, 5.74) is 2.47. The summed E-state index contributed by atoms with van der Waals surface area (Å²) in [4.78, 5) is 8.35. The van der Waals surface area contributed by atoms with Crippen LogP contribution in [0.4, 0.5) is 5.82 Å². The molecule has 0 aromatic carbocycles. The number of aryl methyl sites for hydroxylation is 1. The average Bonchev–Trinajstić information content (AvgIpc) is 2.97. The summed E-state index contributed by atoms with van der Waals surface area (Å²) in [5, 5.41) is 5.60. The van der Waals surface area contributed by atoms with Gasteiger partial charge in [0.05, 0.1) is 6.54 Å². The van der Waals surface area contributed by atoms with E-state index >= 15 is 0 Å². The Morgan fingerprint density at radius 1 is 1.33 bits per heavy atom. The second kappa shape index (κ2) is 7.57. The van der Waals surface area contributed by atoms with Gasteiger partial charge < -0.3 is 10.2 Å². The summed E-state index contributed by atoms with van der Waals surface area (Å²) in [6, 6.07) is 9.17. The van der Waals surface area contributed by atoms with Crippen molar-refractivity contribution in [1.29, 1.82) is 0 Å². The highest BCUT2D eigenvalue weighted by atomic mass is 32.1. The third-order valence-corrected chi connectivity index (χ3v) is 4.23. The average molecular weight is 303 g/mol. The highest BCUT2D eigenvalue weighted by Crippen LogP contribution is 2.19. The fourth-order valence-corrected chi connectivity index (χ4v) is 2.91. The van der Waals surface area contributed by atoms with Crippen LogP contribution in [0.2, 0.25) is 0 Å². The number of nitrogens with one attached hydrogen (secondary N) is 1. The van der Waals surface area contributed by atoms with Crippen LogP contribution < -0.4 is 10.2 Å². The molecule has 21 heavy (non-hydrogen) atoms. The van der Waals surface area contributed by atoms with E-state index in [-0.39, 0.29) is 0 Å². The molecule has 114 valence electrons. The van der Waals surface area contributed by atoms with Gasteiger partial charge in [0, 0.05) is 30.2 Å². The molecule has 0 saturated carbocycles.